The van der Waals surface area contributed by atoms with Crippen LogP contribution in [0, 0.1) is 0 Å². The SMILES string of the molecule is CN(c1ccc(-c2ccccc2)s1)c1cccc2ccccc12.CN(c1ccc(-c2nc3ccccc3o2)cc1)c1cccc2ccccc12.CN(c1ccccc1)c1ccc(-c2ccccc2)s1.CN(c1ccccc1)c1ccc(-c2nc3ccccc3o2)cc1. The van der Waals surface area contributed by atoms with Gasteiger partial charge >= 0.3 is 0 Å². The maximum Gasteiger partial charge on any atom is 0.227 e. The molecule has 16 aromatic rings. The number of hydrogen-bond donors (Lipinski definition) is 0. The normalized spacial score (nSPS) is 10.8. The Kier molecular flexibility index (Phi) is 18.2. The lowest BCUT2D eigenvalue weighted by molar-refractivity contribution is 0.619. The van der Waals surface area contributed by atoms with Crippen LogP contribution < -0.4 is 19.6 Å². The number of hydrogen-bond acceptors (Lipinski definition) is 10. The Balaban J connectivity index is 0.000000113. The Morgan fingerprint density at radius 3 is 1.07 bits per heavy atom. The van der Waals surface area contributed by atoms with E-state index in [0.29, 0.717) is 11.8 Å². The van der Waals surface area contributed by atoms with E-state index in [4.69, 9.17) is 8.83 Å². The zero-order valence-electron chi connectivity index (χ0n) is 51.5. The van der Waals surface area contributed by atoms with E-state index in [-0.39, 0.29) is 0 Å². The summed E-state index contributed by atoms with van der Waals surface area (Å²) in [5.41, 5.74) is 14.9. The fourth-order valence-corrected chi connectivity index (χ4v) is 13.0. The van der Waals surface area contributed by atoms with Gasteiger partial charge in [-0.15, -0.1) is 22.7 Å². The van der Waals surface area contributed by atoms with E-state index in [2.05, 4.69) is 294 Å². The average Bonchev–Trinajstić information content (AvgIpc) is 2.20. The average molecular weight is 1230 g/mol. The summed E-state index contributed by atoms with van der Waals surface area (Å²) in [5, 5.41) is 7.55. The third kappa shape index (κ3) is 13.6. The number of rotatable bonds is 12. The summed E-state index contributed by atoms with van der Waals surface area (Å²) in [4.78, 5) is 20.6. The van der Waals surface area contributed by atoms with Crippen LogP contribution in [0.5, 0.6) is 0 Å². The molecule has 0 atom stereocenters. The molecular formula is C82H66N6O2S2. The van der Waals surface area contributed by atoms with Gasteiger partial charge in [0.2, 0.25) is 11.8 Å². The highest BCUT2D eigenvalue weighted by molar-refractivity contribution is 7.19. The molecule has 0 fully saturated rings. The third-order valence-corrected chi connectivity index (χ3v) is 18.5. The summed E-state index contributed by atoms with van der Waals surface area (Å²) < 4.78 is 11.7. The molecule has 0 saturated heterocycles. The molecule has 0 aliphatic carbocycles. The van der Waals surface area contributed by atoms with Crippen LogP contribution in [0.4, 0.5) is 44.1 Å². The predicted molar refractivity (Wildman–Crippen MR) is 391 cm³/mol. The van der Waals surface area contributed by atoms with Gasteiger partial charge in [-0.25, -0.2) is 9.97 Å². The lowest BCUT2D eigenvalue weighted by atomic mass is 10.1. The number of thiophene rings is 2. The minimum absolute atomic E-state index is 0.649. The molecule has 10 heteroatoms. The van der Waals surface area contributed by atoms with Gasteiger partial charge in [0.15, 0.2) is 11.2 Å². The first-order chi connectivity index (χ1) is 45.3. The maximum absolute atomic E-state index is 5.87. The zero-order chi connectivity index (χ0) is 62.6. The first-order valence-corrected chi connectivity index (χ1v) is 32.1. The van der Waals surface area contributed by atoms with E-state index in [9.17, 15) is 0 Å². The Bertz CT molecular complexity index is 4930. The van der Waals surface area contributed by atoms with Gasteiger partial charge in [-0.2, -0.15) is 0 Å². The highest BCUT2D eigenvalue weighted by Gasteiger charge is 2.15. The largest absolute Gasteiger partial charge is 0.436 e. The van der Waals surface area contributed by atoms with Crippen molar-refractivity contribution in [2.75, 3.05) is 47.8 Å². The molecule has 8 nitrogen and oxygen atoms in total. The highest BCUT2D eigenvalue weighted by atomic mass is 32.1. The molecule has 448 valence electrons. The molecule has 0 saturated carbocycles. The van der Waals surface area contributed by atoms with Gasteiger partial charge in [0.25, 0.3) is 0 Å². The van der Waals surface area contributed by atoms with Crippen LogP contribution in [-0.2, 0) is 0 Å². The van der Waals surface area contributed by atoms with Crippen molar-refractivity contribution in [1.82, 2.24) is 9.97 Å². The molecule has 0 aliphatic heterocycles. The molecule has 92 heavy (non-hydrogen) atoms. The molecule has 0 amide bonds. The summed E-state index contributed by atoms with van der Waals surface area (Å²) in [6.07, 6.45) is 0. The number of aromatic nitrogens is 2. The maximum atomic E-state index is 5.87. The van der Waals surface area contributed by atoms with Crippen molar-refractivity contribution < 1.29 is 8.83 Å². The molecule has 16 rings (SSSR count). The Morgan fingerprint density at radius 2 is 0.609 bits per heavy atom. The van der Waals surface area contributed by atoms with Crippen molar-refractivity contribution in [3.8, 4) is 43.8 Å². The first kappa shape index (κ1) is 59.7. The van der Waals surface area contributed by atoms with E-state index in [1.807, 2.05) is 114 Å². The molecule has 4 aromatic heterocycles. The molecule has 0 spiro atoms. The minimum atomic E-state index is 0.649. The van der Waals surface area contributed by atoms with Crippen molar-refractivity contribution in [3.05, 3.63) is 328 Å². The van der Waals surface area contributed by atoms with Gasteiger partial charge in [0, 0.05) is 94.0 Å². The second-order valence-corrected chi connectivity index (χ2v) is 24.1. The standard InChI is InChI=1S/C24H18N2O.C21H17NS.C20H16N2O.C17H15NS/c1-26(22-11-6-8-17-7-2-3-9-20(17)22)19-15-13-18(14-16-19)24-25-21-10-4-5-12-23(21)27-24;1-22(19-13-7-11-16-8-5-6-12-18(16)19)21-15-14-20(23-21)17-9-3-2-4-10-17;1-22(16-7-3-2-4-8-16)17-13-11-15(12-14-17)20-21-18-9-5-6-10-19(18)23-20;1-18(15-10-6-3-7-11-15)17-13-12-16(19-17)14-8-4-2-5-9-14/h2-16H,1H3;2-15H,1H3;2-14H,1H3;2-13H,1H3. The topological polar surface area (TPSA) is 65.0 Å². The lowest BCUT2D eigenvalue weighted by Crippen LogP contribution is -2.09. The first-order valence-electron chi connectivity index (χ1n) is 30.5. The molecule has 0 bridgehead atoms. The molecule has 0 aliphatic rings. The van der Waals surface area contributed by atoms with E-state index in [1.54, 1.807) is 0 Å². The van der Waals surface area contributed by atoms with Crippen LogP contribution in [0.15, 0.2) is 336 Å². The zero-order valence-corrected chi connectivity index (χ0v) is 53.1. The Morgan fingerprint density at radius 1 is 0.261 bits per heavy atom. The van der Waals surface area contributed by atoms with E-state index in [1.165, 1.54) is 69.5 Å². The van der Waals surface area contributed by atoms with Crippen molar-refractivity contribution in [1.29, 1.82) is 0 Å². The molecular weight excluding hydrogens is 1170 g/mol. The van der Waals surface area contributed by atoms with Crippen LogP contribution in [-0.4, -0.2) is 38.2 Å². The molecule has 0 unspecified atom stereocenters. The summed E-state index contributed by atoms with van der Waals surface area (Å²) in [6.45, 7) is 0. The minimum Gasteiger partial charge on any atom is -0.436 e. The second-order valence-electron chi connectivity index (χ2n) is 22.0. The van der Waals surface area contributed by atoms with Crippen LogP contribution in [0.2, 0.25) is 0 Å². The van der Waals surface area contributed by atoms with Crippen molar-refractivity contribution >= 4 is 111 Å². The van der Waals surface area contributed by atoms with Gasteiger partial charge in [0.05, 0.1) is 10.0 Å². The molecule has 0 N–H and O–H groups in total. The summed E-state index contributed by atoms with van der Waals surface area (Å²) in [5.74, 6) is 1.30. The van der Waals surface area contributed by atoms with Crippen LogP contribution in [0.3, 0.4) is 0 Å². The monoisotopic (exact) mass is 1230 g/mol. The molecule has 4 heterocycles. The van der Waals surface area contributed by atoms with E-state index >= 15 is 0 Å². The van der Waals surface area contributed by atoms with Crippen molar-refractivity contribution in [2.24, 2.45) is 0 Å². The molecule has 0 radical (unpaired) electrons. The van der Waals surface area contributed by atoms with Crippen LogP contribution in [0.25, 0.3) is 87.5 Å². The number of nitrogens with zero attached hydrogens (tertiary/aromatic N) is 6. The van der Waals surface area contributed by atoms with Crippen molar-refractivity contribution in [3.63, 3.8) is 0 Å². The number of benzene rings is 12. The van der Waals surface area contributed by atoms with Crippen LogP contribution >= 0.6 is 22.7 Å². The second kappa shape index (κ2) is 28.0. The smallest absolute Gasteiger partial charge is 0.227 e. The van der Waals surface area contributed by atoms with E-state index < -0.39 is 0 Å². The lowest BCUT2D eigenvalue weighted by Gasteiger charge is -2.21. The van der Waals surface area contributed by atoms with Crippen molar-refractivity contribution in [2.45, 2.75) is 0 Å². The fourth-order valence-electron chi connectivity index (χ4n) is 11.0. The summed E-state index contributed by atoms with van der Waals surface area (Å²) in [7, 11) is 8.40. The predicted octanol–water partition coefficient (Wildman–Crippen LogP) is 23.2. The third-order valence-electron chi connectivity index (χ3n) is 16.1. The van der Waals surface area contributed by atoms with Gasteiger partial charge in [-0.05, 0) is 155 Å². The Hall–Kier alpha value is -11.3. The highest BCUT2D eigenvalue weighted by Crippen LogP contribution is 2.40. The summed E-state index contributed by atoms with van der Waals surface area (Å²) >= 11 is 3.64. The number of oxazole rings is 2. The summed E-state index contributed by atoms with van der Waals surface area (Å²) in [6, 6.07) is 113. The van der Waals surface area contributed by atoms with Gasteiger partial charge < -0.3 is 28.4 Å². The van der Waals surface area contributed by atoms with E-state index in [0.717, 1.165) is 50.4 Å². The Labute approximate surface area is 545 Å². The number of fused-ring (bicyclic) bond motifs is 4. The van der Waals surface area contributed by atoms with Gasteiger partial charge in [0.1, 0.15) is 11.0 Å². The molecule has 12 aromatic carbocycles. The quantitative estimate of drug-likeness (QED) is 0.120. The number of anilines is 8. The van der Waals surface area contributed by atoms with Gasteiger partial charge in [-0.3, -0.25) is 0 Å². The fraction of sp³-hybridized carbons (Fsp3) is 0.0488. The number of para-hydroxylation sites is 6. The van der Waals surface area contributed by atoms with Crippen LogP contribution in [0.1, 0.15) is 0 Å². The van der Waals surface area contributed by atoms with Gasteiger partial charge in [-0.1, -0.05) is 194 Å².